The second-order valence-electron chi connectivity index (χ2n) is 6.08. The van der Waals surface area contributed by atoms with Gasteiger partial charge in [-0.2, -0.15) is 31.1 Å². The smallest absolute Gasteiger partial charge is 0.416 e. The first kappa shape index (κ1) is 26.2. The lowest BCUT2D eigenvalue weighted by Gasteiger charge is -2.14. The van der Waals surface area contributed by atoms with Crippen molar-refractivity contribution in [3.05, 3.63) is 62.7 Å². The van der Waals surface area contributed by atoms with Crippen molar-refractivity contribution in [1.82, 2.24) is 4.72 Å². The summed E-state index contributed by atoms with van der Waals surface area (Å²) in [5.74, 6) is 3.72. The van der Waals surface area contributed by atoms with E-state index in [1.807, 2.05) is 4.72 Å². The number of non-ortho nitro benzene ring substituents is 1. The Balaban J connectivity index is 2.07. The summed E-state index contributed by atoms with van der Waals surface area (Å²) in [5.41, 5.74) is -3.66. The second kappa shape index (κ2) is 9.86. The van der Waals surface area contributed by atoms with Crippen molar-refractivity contribution in [3.8, 4) is 17.6 Å². The quantitative estimate of drug-likeness (QED) is 0.261. The number of nitro groups is 1. The number of sulfonamides is 1. The summed E-state index contributed by atoms with van der Waals surface area (Å²) < 4.78 is 108. The van der Waals surface area contributed by atoms with Crippen LogP contribution in [0.15, 0.2) is 41.3 Å². The molecule has 0 unspecified atom stereocenters. The first-order chi connectivity index (χ1) is 15.1. The van der Waals surface area contributed by atoms with Gasteiger partial charge in [-0.05, 0) is 24.3 Å². The van der Waals surface area contributed by atoms with Crippen molar-refractivity contribution in [2.45, 2.75) is 17.2 Å². The van der Waals surface area contributed by atoms with Gasteiger partial charge in [-0.3, -0.25) is 10.1 Å². The van der Waals surface area contributed by atoms with Gasteiger partial charge in [0.25, 0.3) is 5.69 Å². The fraction of sp³-hybridized carbons (Fsp3) is 0.222. The predicted molar refractivity (Wildman–Crippen MR) is 103 cm³/mol. The Morgan fingerprint density at radius 2 is 1.58 bits per heavy atom. The Morgan fingerprint density at radius 3 is 2.09 bits per heavy atom. The number of rotatable bonds is 6. The van der Waals surface area contributed by atoms with Crippen LogP contribution in [-0.4, -0.2) is 26.5 Å². The number of benzene rings is 2. The third-order valence-electron chi connectivity index (χ3n) is 3.76. The van der Waals surface area contributed by atoms with Gasteiger partial charge in [0, 0.05) is 12.1 Å². The number of nitrogens with one attached hydrogen (secondary N) is 1. The van der Waals surface area contributed by atoms with E-state index < -0.39 is 67.9 Å². The molecule has 178 valence electrons. The third kappa shape index (κ3) is 7.24. The van der Waals surface area contributed by atoms with Crippen LogP contribution in [0.4, 0.5) is 32.0 Å². The normalized spacial score (nSPS) is 12.1. The van der Waals surface area contributed by atoms with E-state index >= 15 is 0 Å². The molecule has 0 saturated heterocycles. The van der Waals surface area contributed by atoms with Crippen LogP contribution in [0, 0.1) is 22.0 Å². The molecule has 15 heteroatoms. The number of hydrogen-bond acceptors (Lipinski definition) is 5. The molecule has 0 amide bonds. The molecule has 1 N–H and O–H groups in total. The van der Waals surface area contributed by atoms with Crippen molar-refractivity contribution < 1.29 is 44.4 Å². The van der Waals surface area contributed by atoms with Crippen molar-refractivity contribution in [2.75, 3.05) is 13.2 Å². The molecule has 0 aliphatic carbocycles. The zero-order valence-electron chi connectivity index (χ0n) is 15.9. The largest absolute Gasteiger partial charge is 0.481 e. The van der Waals surface area contributed by atoms with Gasteiger partial charge in [0.1, 0.15) is 17.3 Å². The number of alkyl halides is 6. The van der Waals surface area contributed by atoms with Crippen molar-refractivity contribution in [1.29, 1.82) is 0 Å². The number of nitro benzene ring substituents is 1. The first-order valence-electron chi connectivity index (χ1n) is 8.43. The molecule has 2 aromatic rings. The first-order valence-corrected chi connectivity index (χ1v) is 10.3. The van der Waals surface area contributed by atoms with Gasteiger partial charge in [0.15, 0.2) is 0 Å². The maximum Gasteiger partial charge on any atom is 0.416 e. The number of ether oxygens (including phenoxy) is 1. The molecule has 0 saturated carbocycles. The molecular weight excluding hydrogens is 506 g/mol. The fourth-order valence-corrected chi connectivity index (χ4v) is 3.70. The standard InChI is InChI=1S/C18H11ClF6N2O5S/c19-15-4-3-13(27(28)29)10-16(15)33(30,31)26-5-1-2-6-32-14-8-11(17(20,21)22)7-12(9-14)18(23,24)25/h3-4,7-10,26H,5-6H2. The predicted octanol–water partition coefficient (Wildman–Crippen LogP) is 4.65. The van der Waals surface area contributed by atoms with Gasteiger partial charge >= 0.3 is 12.4 Å². The highest BCUT2D eigenvalue weighted by molar-refractivity contribution is 7.89. The Bertz CT molecular complexity index is 1190. The summed E-state index contributed by atoms with van der Waals surface area (Å²) in [6.07, 6.45) is -10.1. The van der Waals surface area contributed by atoms with Crippen LogP contribution < -0.4 is 9.46 Å². The number of halogens is 7. The SMILES string of the molecule is O=[N+]([O-])c1ccc(Cl)c(S(=O)(=O)NCC#CCOc2cc(C(F)(F)F)cc(C(F)(F)F)c2)c1. The average Bonchev–Trinajstić information content (AvgIpc) is 2.69. The van der Waals surface area contributed by atoms with Gasteiger partial charge in [0.05, 0.1) is 27.6 Å². The zero-order valence-corrected chi connectivity index (χ0v) is 17.5. The summed E-state index contributed by atoms with van der Waals surface area (Å²) in [7, 11) is -4.31. The van der Waals surface area contributed by atoms with E-state index in [-0.39, 0.29) is 11.1 Å². The molecule has 0 spiro atoms. The lowest BCUT2D eigenvalue weighted by molar-refractivity contribution is -0.385. The van der Waals surface area contributed by atoms with E-state index in [1.165, 1.54) is 0 Å². The van der Waals surface area contributed by atoms with E-state index in [1.54, 1.807) is 0 Å². The van der Waals surface area contributed by atoms with Crippen molar-refractivity contribution in [2.24, 2.45) is 0 Å². The van der Waals surface area contributed by atoms with E-state index in [9.17, 15) is 44.9 Å². The van der Waals surface area contributed by atoms with Crippen LogP contribution in [0.1, 0.15) is 11.1 Å². The van der Waals surface area contributed by atoms with Gasteiger partial charge in [-0.25, -0.2) is 8.42 Å². The average molecular weight is 517 g/mol. The van der Waals surface area contributed by atoms with Crippen LogP contribution in [0.5, 0.6) is 5.75 Å². The molecule has 0 bridgehead atoms. The molecule has 33 heavy (non-hydrogen) atoms. The number of hydrogen-bond donors (Lipinski definition) is 1. The maximum atomic E-state index is 12.8. The van der Waals surface area contributed by atoms with Crippen molar-refractivity contribution in [3.63, 3.8) is 0 Å². The Morgan fingerprint density at radius 1 is 1.00 bits per heavy atom. The molecule has 2 aromatic carbocycles. The topological polar surface area (TPSA) is 98.5 Å². The van der Waals surface area contributed by atoms with Crippen LogP contribution in [0.3, 0.4) is 0 Å². The van der Waals surface area contributed by atoms with Crippen LogP contribution >= 0.6 is 11.6 Å². The summed E-state index contributed by atoms with van der Waals surface area (Å²) in [6, 6.07) is 3.40. The molecule has 0 aliphatic rings. The highest BCUT2D eigenvalue weighted by atomic mass is 35.5. The molecule has 0 atom stereocenters. The molecule has 0 aromatic heterocycles. The van der Waals surface area contributed by atoms with Crippen molar-refractivity contribution >= 4 is 27.3 Å². The molecule has 0 radical (unpaired) electrons. The highest BCUT2D eigenvalue weighted by Crippen LogP contribution is 2.38. The van der Waals surface area contributed by atoms with E-state index in [4.69, 9.17) is 16.3 Å². The van der Waals surface area contributed by atoms with Crippen LogP contribution in [0.2, 0.25) is 5.02 Å². The minimum Gasteiger partial charge on any atom is -0.481 e. The molecule has 0 fully saturated rings. The third-order valence-corrected chi connectivity index (χ3v) is 5.65. The summed E-state index contributed by atoms with van der Waals surface area (Å²) >= 11 is 5.75. The van der Waals surface area contributed by atoms with Gasteiger partial charge < -0.3 is 4.74 Å². The summed E-state index contributed by atoms with van der Waals surface area (Å²) in [6.45, 7) is -1.21. The monoisotopic (exact) mass is 516 g/mol. The molecule has 2 rings (SSSR count). The molecule has 0 heterocycles. The highest BCUT2D eigenvalue weighted by Gasteiger charge is 2.37. The molecule has 7 nitrogen and oxygen atoms in total. The van der Waals surface area contributed by atoms with Crippen LogP contribution in [0.25, 0.3) is 0 Å². The summed E-state index contributed by atoms with van der Waals surface area (Å²) in [5, 5.41) is 10.5. The second-order valence-corrected chi connectivity index (χ2v) is 8.22. The molecule has 0 aliphatic heterocycles. The zero-order chi connectivity index (χ0) is 25.0. The van der Waals surface area contributed by atoms with E-state index in [0.29, 0.717) is 12.1 Å². The Kier molecular flexibility index (Phi) is 7.83. The van der Waals surface area contributed by atoms with E-state index in [2.05, 4.69) is 11.8 Å². The number of nitrogens with zero attached hydrogens (tertiary/aromatic N) is 1. The molecular formula is C18H11ClF6N2O5S. The van der Waals surface area contributed by atoms with E-state index in [0.717, 1.165) is 18.2 Å². The summed E-state index contributed by atoms with van der Waals surface area (Å²) in [4.78, 5) is 9.37. The van der Waals surface area contributed by atoms with Gasteiger partial charge in [0.2, 0.25) is 10.0 Å². The minimum absolute atomic E-state index is 0.0631. The fourth-order valence-electron chi connectivity index (χ4n) is 2.26. The maximum absolute atomic E-state index is 12.8. The lowest BCUT2D eigenvalue weighted by Crippen LogP contribution is -2.24. The Hall–Kier alpha value is -3.02. The van der Waals surface area contributed by atoms with Gasteiger partial charge in [-0.15, -0.1) is 0 Å². The lowest BCUT2D eigenvalue weighted by atomic mass is 10.1. The Labute approximate surface area is 187 Å². The minimum atomic E-state index is -5.04. The van der Waals surface area contributed by atoms with Gasteiger partial charge in [-0.1, -0.05) is 23.4 Å². The van der Waals surface area contributed by atoms with Crippen LogP contribution in [-0.2, 0) is 22.4 Å².